The van der Waals surface area contributed by atoms with E-state index in [4.69, 9.17) is 5.73 Å². The monoisotopic (exact) mass is 394 g/mol. The molecule has 2 atom stereocenters. The molecule has 1 aromatic heterocycles. The molecule has 0 radical (unpaired) electrons. The predicted molar refractivity (Wildman–Crippen MR) is 105 cm³/mol. The Morgan fingerprint density at radius 3 is 2.54 bits per heavy atom. The summed E-state index contributed by atoms with van der Waals surface area (Å²) in [5, 5.41) is 1.10. The van der Waals surface area contributed by atoms with Gasteiger partial charge < -0.3 is 15.5 Å². The minimum atomic E-state index is 0. The normalized spacial score (nSPS) is 23.6. The van der Waals surface area contributed by atoms with Crippen LogP contribution in [0.25, 0.3) is 0 Å². The molecule has 0 unspecified atom stereocenters. The number of rotatable bonds is 4. The van der Waals surface area contributed by atoms with Crippen LogP contribution >= 0.6 is 36.2 Å². The second-order valence-electron chi connectivity index (χ2n) is 6.39. The lowest BCUT2D eigenvalue weighted by Gasteiger charge is -2.35. The van der Waals surface area contributed by atoms with Crippen molar-refractivity contribution in [3.63, 3.8) is 0 Å². The van der Waals surface area contributed by atoms with Crippen molar-refractivity contribution < 1.29 is 4.79 Å². The highest BCUT2D eigenvalue weighted by Gasteiger charge is 2.29. The first kappa shape index (κ1) is 21.5. The van der Waals surface area contributed by atoms with Crippen molar-refractivity contribution in [2.45, 2.75) is 45.1 Å². The molecular formula is C16H28Cl2N4OS. The number of nitrogens with two attached hydrogens (primary N) is 1. The van der Waals surface area contributed by atoms with Gasteiger partial charge in [-0.15, -0.1) is 36.2 Å². The molecule has 0 bridgehead atoms. The minimum Gasteiger partial charge on any atom is -0.345 e. The van der Waals surface area contributed by atoms with Crippen LogP contribution in [0.3, 0.4) is 0 Å². The Morgan fingerprint density at radius 2 is 2.00 bits per heavy atom. The summed E-state index contributed by atoms with van der Waals surface area (Å²) in [5.41, 5.74) is 6.08. The van der Waals surface area contributed by atoms with Gasteiger partial charge in [-0.1, -0.05) is 13.3 Å². The van der Waals surface area contributed by atoms with E-state index in [2.05, 4.69) is 16.8 Å². The molecule has 1 aliphatic heterocycles. The van der Waals surface area contributed by atoms with E-state index in [0.717, 1.165) is 50.6 Å². The lowest BCUT2D eigenvalue weighted by molar-refractivity contribution is -0.132. The van der Waals surface area contributed by atoms with Crippen LogP contribution in [-0.4, -0.2) is 48.0 Å². The van der Waals surface area contributed by atoms with Gasteiger partial charge in [0.05, 0.1) is 0 Å². The zero-order chi connectivity index (χ0) is 15.5. The van der Waals surface area contributed by atoms with Gasteiger partial charge in [0.25, 0.3) is 0 Å². The van der Waals surface area contributed by atoms with E-state index in [1.54, 1.807) is 11.3 Å². The van der Waals surface area contributed by atoms with Gasteiger partial charge in [-0.05, 0) is 25.2 Å². The number of carbonyl (C=O) groups is 1. The van der Waals surface area contributed by atoms with Crippen molar-refractivity contribution in [1.82, 2.24) is 9.88 Å². The highest BCUT2D eigenvalue weighted by molar-refractivity contribution is 7.15. The van der Waals surface area contributed by atoms with Crippen molar-refractivity contribution in [2.24, 2.45) is 11.7 Å². The molecule has 1 aliphatic carbocycles. The highest BCUT2D eigenvalue weighted by atomic mass is 35.5. The maximum absolute atomic E-state index is 12.4. The minimum absolute atomic E-state index is 0. The first-order chi connectivity index (χ1) is 10.7. The van der Waals surface area contributed by atoms with E-state index < -0.39 is 0 Å². The lowest BCUT2D eigenvalue weighted by atomic mass is 9.99. The van der Waals surface area contributed by atoms with E-state index in [1.807, 2.05) is 11.1 Å². The summed E-state index contributed by atoms with van der Waals surface area (Å²) < 4.78 is 0. The number of amides is 1. The average Bonchev–Trinajstić information content (AvgIpc) is 3.17. The number of aryl methyl sites for hydroxylation is 1. The zero-order valence-electron chi connectivity index (χ0n) is 14.1. The van der Waals surface area contributed by atoms with Crippen LogP contribution in [0.5, 0.6) is 0 Å². The Balaban J connectivity index is 0.00000144. The molecule has 2 aliphatic rings. The number of hydrogen-bond acceptors (Lipinski definition) is 5. The molecule has 1 saturated carbocycles. The predicted octanol–water partition coefficient (Wildman–Crippen LogP) is 2.72. The Kier molecular flexibility index (Phi) is 8.77. The number of anilines is 1. The number of piperazine rings is 1. The Hall–Kier alpha value is -0.560. The molecule has 5 nitrogen and oxygen atoms in total. The fourth-order valence-electron chi connectivity index (χ4n) is 3.43. The first-order valence-electron chi connectivity index (χ1n) is 8.40. The molecule has 8 heteroatoms. The fraction of sp³-hybridized carbons (Fsp3) is 0.750. The molecule has 2 fully saturated rings. The SMILES string of the molecule is CCc1cnc(N2CCN(C(=O)C[C@@H]3CCC[C@H]3N)CC2)s1.Cl.Cl. The standard InChI is InChI=1S/C16H26N4OS.2ClH/c1-2-13-11-18-16(22-13)20-8-6-19(7-9-20)15(21)10-12-4-3-5-14(12)17;;/h11-12,14H,2-10,17H2,1H3;2*1H/t12-,14+;;/m0../s1. The number of hydrogen-bond donors (Lipinski definition) is 1. The molecule has 3 rings (SSSR count). The smallest absolute Gasteiger partial charge is 0.223 e. The summed E-state index contributed by atoms with van der Waals surface area (Å²) in [6, 6.07) is 0.230. The van der Waals surface area contributed by atoms with Gasteiger partial charge in [0.15, 0.2) is 5.13 Å². The Morgan fingerprint density at radius 1 is 1.29 bits per heavy atom. The quantitative estimate of drug-likeness (QED) is 0.852. The second-order valence-corrected chi connectivity index (χ2v) is 7.48. The van der Waals surface area contributed by atoms with Gasteiger partial charge in [-0.2, -0.15) is 0 Å². The maximum atomic E-state index is 12.4. The third kappa shape index (κ3) is 4.97. The van der Waals surface area contributed by atoms with Crippen LogP contribution in [0.1, 0.15) is 37.5 Å². The second kappa shape index (κ2) is 9.80. The van der Waals surface area contributed by atoms with Gasteiger partial charge in [-0.25, -0.2) is 4.98 Å². The van der Waals surface area contributed by atoms with Crippen molar-refractivity contribution >= 4 is 47.2 Å². The summed E-state index contributed by atoms with van der Waals surface area (Å²) in [6.07, 6.45) is 7.02. The Labute approximate surface area is 160 Å². The maximum Gasteiger partial charge on any atom is 0.223 e. The van der Waals surface area contributed by atoms with Crippen molar-refractivity contribution in [1.29, 1.82) is 0 Å². The van der Waals surface area contributed by atoms with E-state index in [9.17, 15) is 4.79 Å². The van der Waals surface area contributed by atoms with Crippen LogP contribution in [0.15, 0.2) is 6.20 Å². The van der Waals surface area contributed by atoms with Gasteiger partial charge in [0.1, 0.15) is 0 Å². The van der Waals surface area contributed by atoms with Crippen molar-refractivity contribution in [3.8, 4) is 0 Å². The van der Waals surface area contributed by atoms with E-state index in [-0.39, 0.29) is 36.8 Å². The van der Waals surface area contributed by atoms with Crippen LogP contribution in [-0.2, 0) is 11.2 Å². The molecule has 0 aromatic carbocycles. The van der Waals surface area contributed by atoms with Gasteiger partial charge in [0.2, 0.25) is 5.91 Å². The van der Waals surface area contributed by atoms with Crippen LogP contribution in [0, 0.1) is 5.92 Å². The summed E-state index contributed by atoms with van der Waals surface area (Å²) in [5.74, 6) is 0.687. The average molecular weight is 395 g/mol. The van der Waals surface area contributed by atoms with Gasteiger partial charge >= 0.3 is 0 Å². The van der Waals surface area contributed by atoms with Crippen LogP contribution in [0.4, 0.5) is 5.13 Å². The third-order valence-corrected chi connectivity index (χ3v) is 6.15. The van der Waals surface area contributed by atoms with E-state index in [1.165, 1.54) is 11.3 Å². The molecule has 1 amide bonds. The van der Waals surface area contributed by atoms with E-state index in [0.29, 0.717) is 12.3 Å². The lowest BCUT2D eigenvalue weighted by Crippen LogP contribution is -2.49. The van der Waals surface area contributed by atoms with Gasteiger partial charge in [-0.3, -0.25) is 4.79 Å². The van der Waals surface area contributed by atoms with Crippen LogP contribution < -0.4 is 10.6 Å². The van der Waals surface area contributed by atoms with E-state index >= 15 is 0 Å². The summed E-state index contributed by atoms with van der Waals surface area (Å²) in [7, 11) is 0. The molecule has 0 spiro atoms. The molecule has 24 heavy (non-hydrogen) atoms. The number of aromatic nitrogens is 1. The van der Waals surface area contributed by atoms with Crippen molar-refractivity contribution in [2.75, 3.05) is 31.1 Å². The summed E-state index contributed by atoms with van der Waals surface area (Å²) >= 11 is 1.77. The summed E-state index contributed by atoms with van der Waals surface area (Å²) in [4.78, 5) is 22.6. The molecule has 1 saturated heterocycles. The molecule has 2 heterocycles. The number of thiazole rings is 1. The Bertz CT molecular complexity index is 520. The molecule has 1 aromatic rings. The van der Waals surface area contributed by atoms with Gasteiger partial charge in [0, 0.05) is 49.7 Å². The van der Waals surface area contributed by atoms with Crippen LogP contribution in [0.2, 0.25) is 0 Å². The zero-order valence-corrected chi connectivity index (χ0v) is 16.6. The fourth-order valence-corrected chi connectivity index (χ4v) is 4.33. The molecule has 138 valence electrons. The highest BCUT2D eigenvalue weighted by Crippen LogP contribution is 2.28. The largest absolute Gasteiger partial charge is 0.345 e. The molecule has 2 N–H and O–H groups in total. The van der Waals surface area contributed by atoms with Crippen molar-refractivity contribution in [3.05, 3.63) is 11.1 Å². The topological polar surface area (TPSA) is 62.5 Å². The third-order valence-electron chi connectivity index (χ3n) is 4.95. The first-order valence-corrected chi connectivity index (χ1v) is 9.22. The number of nitrogens with zero attached hydrogens (tertiary/aromatic N) is 3. The number of carbonyl (C=O) groups excluding carboxylic acids is 1. The number of halogens is 2. The molecular weight excluding hydrogens is 367 g/mol. The summed E-state index contributed by atoms with van der Waals surface area (Å²) in [6.45, 7) is 5.55.